The standard InChI is InChI=1S/C14H24N2OS/c1-11-8-15-6-2-3-12(15)9-16(11)13(17)7-14(10-18)4-5-14/h11-12,18H,2-10H2,1H3. The van der Waals surface area contributed by atoms with Crippen LogP contribution in [-0.4, -0.2) is 53.2 Å². The minimum atomic E-state index is 0.257. The second kappa shape index (κ2) is 4.71. The number of carbonyl (C=O) groups excluding carboxylic acids is 1. The maximum atomic E-state index is 12.5. The molecule has 102 valence electrons. The van der Waals surface area contributed by atoms with Crippen LogP contribution in [0.4, 0.5) is 0 Å². The minimum Gasteiger partial charge on any atom is -0.337 e. The molecule has 2 unspecified atom stereocenters. The normalized spacial score (nSPS) is 34.4. The summed E-state index contributed by atoms with van der Waals surface area (Å²) < 4.78 is 0. The fourth-order valence-corrected chi connectivity index (χ4v) is 3.95. The highest BCUT2D eigenvalue weighted by Crippen LogP contribution is 2.50. The molecule has 1 saturated carbocycles. The molecule has 3 rings (SSSR count). The molecule has 18 heavy (non-hydrogen) atoms. The van der Waals surface area contributed by atoms with E-state index in [4.69, 9.17) is 0 Å². The van der Waals surface area contributed by atoms with Crippen LogP contribution in [-0.2, 0) is 4.79 Å². The van der Waals surface area contributed by atoms with Crippen LogP contribution in [0.15, 0.2) is 0 Å². The van der Waals surface area contributed by atoms with Crippen molar-refractivity contribution in [2.75, 3.05) is 25.4 Å². The quantitative estimate of drug-likeness (QED) is 0.789. The van der Waals surface area contributed by atoms with Gasteiger partial charge in [0, 0.05) is 31.6 Å². The van der Waals surface area contributed by atoms with Crippen molar-refractivity contribution in [1.29, 1.82) is 0 Å². The lowest BCUT2D eigenvalue weighted by atomic mass is 10.0. The molecule has 2 heterocycles. The van der Waals surface area contributed by atoms with Gasteiger partial charge in [0.25, 0.3) is 0 Å². The van der Waals surface area contributed by atoms with E-state index in [9.17, 15) is 4.79 Å². The summed E-state index contributed by atoms with van der Waals surface area (Å²) in [4.78, 5) is 17.2. The minimum absolute atomic E-state index is 0.257. The molecule has 1 amide bonds. The molecular formula is C14H24N2OS. The van der Waals surface area contributed by atoms with Crippen LogP contribution in [0, 0.1) is 5.41 Å². The van der Waals surface area contributed by atoms with Crippen LogP contribution in [0.3, 0.4) is 0 Å². The third-order valence-electron chi connectivity index (χ3n) is 5.08. The summed E-state index contributed by atoms with van der Waals surface area (Å²) in [6, 6.07) is 1.03. The van der Waals surface area contributed by atoms with Crippen molar-refractivity contribution in [3.63, 3.8) is 0 Å². The van der Waals surface area contributed by atoms with Gasteiger partial charge in [-0.15, -0.1) is 0 Å². The molecule has 2 saturated heterocycles. The van der Waals surface area contributed by atoms with Gasteiger partial charge in [-0.2, -0.15) is 12.6 Å². The maximum absolute atomic E-state index is 12.5. The fourth-order valence-electron chi connectivity index (χ4n) is 3.52. The number of carbonyl (C=O) groups is 1. The number of thiol groups is 1. The Morgan fingerprint density at radius 3 is 2.83 bits per heavy atom. The Morgan fingerprint density at radius 1 is 1.39 bits per heavy atom. The Hall–Kier alpha value is -0.220. The second-order valence-electron chi connectivity index (χ2n) is 6.52. The lowest BCUT2D eigenvalue weighted by Gasteiger charge is -2.42. The van der Waals surface area contributed by atoms with Gasteiger partial charge in [0.1, 0.15) is 0 Å². The zero-order chi connectivity index (χ0) is 12.8. The summed E-state index contributed by atoms with van der Waals surface area (Å²) in [5, 5.41) is 0. The van der Waals surface area contributed by atoms with Gasteiger partial charge in [-0.1, -0.05) is 0 Å². The van der Waals surface area contributed by atoms with E-state index in [0.717, 1.165) is 25.3 Å². The predicted molar refractivity (Wildman–Crippen MR) is 75.9 cm³/mol. The van der Waals surface area contributed by atoms with Gasteiger partial charge < -0.3 is 4.90 Å². The van der Waals surface area contributed by atoms with Gasteiger partial charge in [0.05, 0.1) is 0 Å². The summed E-state index contributed by atoms with van der Waals surface area (Å²) in [7, 11) is 0. The molecule has 0 radical (unpaired) electrons. The molecule has 0 aromatic carbocycles. The van der Waals surface area contributed by atoms with Crippen molar-refractivity contribution >= 4 is 18.5 Å². The van der Waals surface area contributed by atoms with Crippen LogP contribution >= 0.6 is 12.6 Å². The zero-order valence-corrected chi connectivity index (χ0v) is 12.2. The number of fused-ring (bicyclic) bond motifs is 1. The molecule has 2 atom stereocenters. The van der Waals surface area contributed by atoms with Gasteiger partial charge in [-0.25, -0.2) is 0 Å². The summed E-state index contributed by atoms with van der Waals surface area (Å²) >= 11 is 4.41. The first-order valence-electron chi connectivity index (χ1n) is 7.28. The Kier molecular flexibility index (Phi) is 3.35. The summed E-state index contributed by atoms with van der Waals surface area (Å²) in [5.41, 5.74) is 0.257. The largest absolute Gasteiger partial charge is 0.337 e. The number of nitrogens with zero attached hydrogens (tertiary/aromatic N) is 2. The highest BCUT2D eigenvalue weighted by Gasteiger charge is 2.45. The lowest BCUT2D eigenvalue weighted by molar-refractivity contribution is -0.137. The average Bonchev–Trinajstić information content (AvgIpc) is 2.98. The first-order chi connectivity index (χ1) is 8.63. The summed E-state index contributed by atoms with van der Waals surface area (Å²) in [5.74, 6) is 1.25. The van der Waals surface area contributed by atoms with Crippen molar-refractivity contribution in [2.24, 2.45) is 5.41 Å². The predicted octanol–water partition coefficient (Wildman–Crippen LogP) is 1.78. The van der Waals surface area contributed by atoms with Gasteiger partial charge in [-0.05, 0) is 50.3 Å². The average molecular weight is 268 g/mol. The topological polar surface area (TPSA) is 23.6 Å². The van der Waals surface area contributed by atoms with Crippen LogP contribution in [0.1, 0.15) is 39.0 Å². The van der Waals surface area contributed by atoms with Crippen LogP contribution in [0.25, 0.3) is 0 Å². The first kappa shape index (κ1) is 12.8. The van der Waals surface area contributed by atoms with E-state index >= 15 is 0 Å². The second-order valence-corrected chi connectivity index (χ2v) is 6.84. The van der Waals surface area contributed by atoms with E-state index in [1.54, 1.807) is 0 Å². The highest BCUT2D eigenvalue weighted by atomic mass is 32.1. The van der Waals surface area contributed by atoms with E-state index in [1.165, 1.54) is 32.2 Å². The van der Waals surface area contributed by atoms with E-state index in [0.29, 0.717) is 18.0 Å². The Balaban J connectivity index is 1.62. The molecule has 0 bridgehead atoms. The molecule has 4 heteroatoms. The highest BCUT2D eigenvalue weighted by molar-refractivity contribution is 7.80. The van der Waals surface area contributed by atoms with Crippen molar-refractivity contribution < 1.29 is 4.79 Å². The molecule has 2 aliphatic heterocycles. The number of rotatable bonds is 3. The molecule has 0 N–H and O–H groups in total. The monoisotopic (exact) mass is 268 g/mol. The SMILES string of the molecule is CC1CN2CCCC2CN1C(=O)CC1(CS)CC1. The van der Waals surface area contributed by atoms with Crippen LogP contribution < -0.4 is 0 Å². The molecule has 3 fully saturated rings. The molecule has 3 nitrogen and oxygen atoms in total. The van der Waals surface area contributed by atoms with E-state index in [1.807, 2.05) is 0 Å². The molecule has 0 aromatic heterocycles. The van der Waals surface area contributed by atoms with Crippen molar-refractivity contribution in [3.05, 3.63) is 0 Å². The van der Waals surface area contributed by atoms with Crippen LogP contribution in [0.5, 0.6) is 0 Å². The Labute approximate surface area is 115 Å². The van der Waals surface area contributed by atoms with E-state index in [-0.39, 0.29) is 5.41 Å². The number of amides is 1. The number of hydrogen-bond donors (Lipinski definition) is 1. The van der Waals surface area contributed by atoms with E-state index < -0.39 is 0 Å². The fraction of sp³-hybridized carbons (Fsp3) is 0.929. The maximum Gasteiger partial charge on any atom is 0.223 e. The third-order valence-corrected chi connectivity index (χ3v) is 5.75. The third kappa shape index (κ3) is 2.29. The lowest BCUT2D eigenvalue weighted by Crippen LogP contribution is -2.57. The molecule has 3 aliphatic rings. The summed E-state index contributed by atoms with van der Waals surface area (Å²) in [6.07, 6.45) is 5.70. The summed E-state index contributed by atoms with van der Waals surface area (Å²) in [6.45, 7) is 5.47. The van der Waals surface area contributed by atoms with Crippen LogP contribution in [0.2, 0.25) is 0 Å². The number of hydrogen-bond acceptors (Lipinski definition) is 3. The molecular weight excluding hydrogens is 244 g/mol. The van der Waals surface area contributed by atoms with Gasteiger partial charge in [0.15, 0.2) is 0 Å². The van der Waals surface area contributed by atoms with Crippen molar-refractivity contribution in [2.45, 2.75) is 51.1 Å². The Morgan fingerprint density at radius 2 is 2.17 bits per heavy atom. The molecule has 1 aliphatic carbocycles. The van der Waals surface area contributed by atoms with Crippen molar-refractivity contribution in [1.82, 2.24) is 9.80 Å². The van der Waals surface area contributed by atoms with Gasteiger partial charge >= 0.3 is 0 Å². The van der Waals surface area contributed by atoms with Gasteiger partial charge in [0.2, 0.25) is 5.91 Å². The number of piperazine rings is 1. The zero-order valence-electron chi connectivity index (χ0n) is 11.3. The smallest absolute Gasteiger partial charge is 0.223 e. The van der Waals surface area contributed by atoms with Gasteiger partial charge in [-0.3, -0.25) is 9.69 Å². The molecule has 0 aromatic rings. The Bertz CT molecular complexity index is 343. The molecule has 0 spiro atoms. The van der Waals surface area contributed by atoms with Crippen molar-refractivity contribution in [3.8, 4) is 0 Å². The first-order valence-corrected chi connectivity index (χ1v) is 7.91. The van der Waals surface area contributed by atoms with E-state index in [2.05, 4.69) is 29.4 Å².